The van der Waals surface area contributed by atoms with E-state index in [0.717, 1.165) is 69.8 Å². The number of hydrogen-bond donors (Lipinski definition) is 1. The minimum atomic E-state index is -0.552. The number of rotatable bonds is 13. The van der Waals surface area contributed by atoms with Crippen molar-refractivity contribution in [3.8, 4) is 32.6 Å². The third-order valence-electron chi connectivity index (χ3n) is 9.03. The van der Waals surface area contributed by atoms with Crippen LogP contribution in [0.15, 0.2) is 78.9 Å². The average Bonchev–Trinajstić information content (AvgIpc) is 3.89. The molecule has 6 aromatic rings. The van der Waals surface area contributed by atoms with Gasteiger partial charge >= 0.3 is 0 Å². The molecule has 292 valence electrons. The molecule has 0 atom stereocenters. The summed E-state index contributed by atoms with van der Waals surface area (Å²) in [6, 6.07) is 23.0. The van der Waals surface area contributed by atoms with E-state index in [2.05, 4.69) is 27.3 Å². The Labute approximate surface area is 335 Å². The quantitative estimate of drug-likeness (QED) is 0.123. The van der Waals surface area contributed by atoms with Crippen molar-refractivity contribution in [3.63, 3.8) is 0 Å². The Hall–Kier alpha value is -5.53. The molecule has 0 aliphatic heterocycles. The Morgan fingerprint density at radius 2 is 1.14 bits per heavy atom. The first kappa shape index (κ1) is 41.6. The normalized spacial score (nSPS) is 10.8. The van der Waals surface area contributed by atoms with Crippen LogP contribution >= 0.6 is 22.7 Å². The van der Waals surface area contributed by atoms with Gasteiger partial charge in [0.05, 0.1) is 12.7 Å². The number of anilines is 2. The number of amides is 2. The fraction of sp³-hybridized carbons (Fsp3) is 0.302. The number of aryl methyl sites for hydroxylation is 4. The molecule has 0 aliphatic rings. The predicted molar refractivity (Wildman–Crippen MR) is 224 cm³/mol. The summed E-state index contributed by atoms with van der Waals surface area (Å²) >= 11 is 2.72. The third-order valence-corrected chi connectivity index (χ3v) is 11.0. The second-order valence-electron chi connectivity index (χ2n) is 13.3. The smallest absolute Gasteiger partial charge is 0.263 e. The molecule has 0 radical (unpaired) electrons. The first-order valence-electron chi connectivity index (χ1n) is 18.5. The second-order valence-corrected chi connectivity index (χ2v) is 15.3. The molecule has 10 nitrogen and oxygen atoms in total. The third kappa shape index (κ3) is 9.82. The lowest BCUT2D eigenvalue weighted by molar-refractivity contribution is 0.0976. The fourth-order valence-electron chi connectivity index (χ4n) is 6.07. The maximum absolute atomic E-state index is 14.1. The van der Waals surface area contributed by atoms with Gasteiger partial charge < -0.3 is 9.84 Å². The van der Waals surface area contributed by atoms with E-state index < -0.39 is 11.7 Å². The summed E-state index contributed by atoms with van der Waals surface area (Å²) in [5.74, 6) is 0.125. The molecule has 0 saturated carbocycles. The first-order valence-corrected chi connectivity index (χ1v) is 20.2. The van der Waals surface area contributed by atoms with Gasteiger partial charge in [-0.1, -0.05) is 79.7 Å². The molecule has 6 rings (SSSR count). The molecule has 0 saturated heterocycles. The highest BCUT2D eigenvalue weighted by molar-refractivity contribution is 7.19. The van der Waals surface area contributed by atoms with Crippen molar-refractivity contribution in [1.82, 2.24) is 20.4 Å². The van der Waals surface area contributed by atoms with E-state index in [1.165, 1.54) is 39.7 Å². The van der Waals surface area contributed by atoms with Gasteiger partial charge in [0.25, 0.3) is 11.8 Å². The zero-order chi connectivity index (χ0) is 40.4. The van der Waals surface area contributed by atoms with E-state index in [4.69, 9.17) is 4.74 Å². The highest BCUT2D eigenvalue weighted by Gasteiger charge is 2.25. The highest BCUT2D eigenvalue weighted by atomic mass is 32.1. The number of benzene rings is 4. The molecule has 56 heavy (non-hydrogen) atoms. The molecule has 2 aromatic heterocycles. The van der Waals surface area contributed by atoms with E-state index in [1.54, 1.807) is 24.1 Å². The average molecular weight is 795 g/mol. The lowest BCUT2D eigenvalue weighted by atomic mass is 10.1. The van der Waals surface area contributed by atoms with Gasteiger partial charge in [-0.3, -0.25) is 19.4 Å². The molecular formula is C43H47FN6O4S2. The van der Waals surface area contributed by atoms with Crippen LogP contribution in [0, 0.1) is 33.5 Å². The number of aromatic hydroxyl groups is 1. The minimum Gasteiger partial charge on any atom is -0.507 e. The van der Waals surface area contributed by atoms with Crippen molar-refractivity contribution < 1.29 is 23.8 Å². The monoisotopic (exact) mass is 794 g/mol. The lowest BCUT2D eigenvalue weighted by Crippen LogP contribution is -2.32. The van der Waals surface area contributed by atoms with E-state index in [1.807, 2.05) is 89.2 Å². The van der Waals surface area contributed by atoms with Crippen LogP contribution in [0.2, 0.25) is 0 Å². The number of phenols is 1. The number of nitrogens with zero attached hydrogens (tertiary/aromatic N) is 6. The molecule has 13 heteroatoms. The van der Waals surface area contributed by atoms with E-state index >= 15 is 0 Å². The zero-order valence-corrected chi connectivity index (χ0v) is 34.4. The Morgan fingerprint density at radius 3 is 1.62 bits per heavy atom. The van der Waals surface area contributed by atoms with Gasteiger partial charge in [0.2, 0.25) is 10.3 Å². The first-order chi connectivity index (χ1) is 27.0. The number of ether oxygens (including phenoxy) is 1. The fourth-order valence-corrected chi connectivity index (χ4v) is 7.79. The summed E-state index contributed by atoms with van der Waals surface area (Å²) in [7, 11) is 1.68. The number of methoxy groups -OCH3 is 1. The van der Waals surface area contributed by atoms with Crippen molar-refractivity contribution in [2.45, 2.75) is 67.2 Å². The Morgan fingerprint density at radius 1 is 0.679 bits per heavy atom. The molecule has 0 unspecified atom stereocenters. The van der Waals surface area contributed by atoms with Gasteiger partial charge in [-0.05, 0) is 111 Å². The van der Waals surface area contributed by atoms with Crippen LogP contribution in [0.1, 0.15) is 82.5 Å². The summed E-state index contributed by atoms with van der Waals surface area (Å²) in [6.45, 7) is 12.9. The van der Waals surface area contributed by atoms with Crippen molar-refractivity contribution in [2.75, 3.05) is 30.0 Å². The van der Waals surface area contributed by atoms with Crippen LogP contribution in [-0.2, 0) is 0 Å². The number of hydrogen-bond acceptors (Lipinski definition) is 10. The Kier molecular flexibility index (Phi) is 14.4. The van der Waals surface area contributed by atoms with Crippen LogP contribution < -0.4 is 14.5 Å². The summed E-state index contributed by atoms with van der Waals surface area (Å²) in [6.07, 6.45) is 3.57. The van der Waals surface area contributed by atoms with Crippen molar-refractivity contribution in [3.05, 3.63) is 118 Å². The van der Waals surface area contributed by atoms with Crippen molar-refractivity contribution in [1.29, 1.82) is 0 Å². The van der Waals surface area contributed by atoms with Crippen LogP contribution in [0.25, 0.3) is 21.1 Å². The number of phenolic OH excluding ortho intramolecular Hbond substituents is 1. The SMILES string of the molecule is CCCCN(C(=O)c1ccccc1)c1nnc(-c2cc(C)c(OC)c(C)c2)s1.CCCCN(C(=O)c1ccccc1F)c1nnc(-c2cc(C)c(O)c(C)c2)s1. The summed E-state index contributed by atoms with van der Waals surface area (Å²) in [5.41, 5.74) is 6.09. The summed E-state index contributed by atoms with van der Waals surface area (Å²) in [5, 5.41) is 29.6. The number of carbonyl (C=O) groups is 2. The number of halogens is 1. The van der Waals surface area contributed by atoms with Gasteiger partial charge in [-0.2, -0.15) is 0 Å². The van der Waals surface area contributed by atoms with Gasteiger partial charge in [-0.15, -0.1) is 20.4 Å². The molecule has 2 amide bonds. The summed E-state index contributed by atoms with van der Waals surface area (Å²) < 4.78 is 19.6. The Bertz CT molecular complexity index is 2230. The molecule has 2 heterocycles. The molecule has 1 N–H and O–H groups in total. The van der Waals surface area contributed by atoms with Gasteiger partial charge in [0, 0.05) is 29.8 Å². The molecule has 0 aliphatic carbocycles. The van der Waals surface area contributed by atoms with Crippen molar-refractivity contribution in [2.24, 2.45) is 0 Å². The van der Waals surface area contributed by atoms with Crippen LogP contribution in [0.3, 0.4) is 0 Å². The standard InChI is InChI=1S/C22H25N3O2S.C21H22FN3O2S/c1-5-6-12-25(21(26)17-10-8-7-9-11-17)22-24-23-20(28-22)18-13-15(2)19(27-4)16(3)14-18;1-4-5-10-25(20(27)16-8-6-7-9-17(16)22)21-24-23-19(28-21)15-11-13(2)18(26)14(3)12-15/h7-11,13-14H,5-6,12H2,1-4H3;6-9,11-12,26H,4-5,10H2,1-3H3. The van der Waals surface area contributed by atoms with Crippen molar-refractivity contribution >= 4 is 44.8 Å². The van der Waals surface area contributed by atoms with Crippen LogP contribution in [-0.4, -0.2) is 57.5 Å². The van der Waals surface area contributed by atoms with E-state index in [-0.39, 0.29) is 17.2 Å². The maximum atomic E-state index is 14.1. The number of carbonyl (C=O) groups excluding carboxylic acids is 2. The van der Waals surface area contributed by atoms with E-state index in [9.17, 15) is 19.1 Å². The molecular weight excluding hydrogens is 748 g/mol. The molecule has 0 bridgehead atoms. The zero-order valence-electron chi connectivity index (χ0n) is 32.8. The van der Waals surface area contributed by atoms with Crippen LogP contribution in [0.5, 0.6) is 11.5 Å². The largest absolute Gasteiger partial charge is 0.507 e. The predicted octanol–water partition coefficient (Wildman–Crippen LogP) is 10.4. The topological polar surface area (TPSA) is 122 Å². The molecule has 0 spiro atoms. The van der Waals surface area contributed by atoms with Gasteiger partial charge in [0.15, 0.2) is 0 Å². The van der Waals surface area contributed by atoms with Gasteiger partial charge in [-0.25, -0.2) is 4.39 Å². The molecule has 4 aromatic carbocycles. The van der Waals surface area contributed by atoms with E-state index in [0.29, 0.717) is 33.9 Å². The van der Waals surface area contributed by atoms with Gasteiger partial charge in [0.1, 0.15) is 27.3 Å². The maximum Gasteiger partial charge on any atom is 0.263 e. The highest BCUT2D eigenvalue weighted by Crippen LogP contribution is 2.35. The Balaban J connectivity index is 0.000000214. The summed E-state index contributed by atoms with van der Waals surface area (Å²) in [4.78, 5) is 29.2. The van der Waals surface area contributed by atoms with Crippen LogP contribution in [0.4, 0.5) is 14.7 Å². The number of unbranched alkanes of at least 4 members (excludes halogenated alkanes) is 2. The molecule has 0 fully saturated rings. The minimum absolute atomic E-state index is 0.0201. The lowest BCUT2D eigenvalue weighted by Gasteiger charge is -2.19. The number of aromatic nitrogens is 4. The second kappa shape index (κ2) is 19.4.